The van der Waals surface area contributed by atoms with Gasteiger partial charge in [0.1, 0.15) is 0 Å². The molecule has 2 aromatic heterocycles. The van der Waals surface area contributed by atoms with Gasteiger partial charge in [-0.15, -0.1) is 10.2 Å². The van der Waals surface area contributed by atoms with Gasteiger partial charge < -0.3 is 4.90 Å². The number of aromatic nitrogens is 4. The number of hydrogen-bond donors (Lipinski definition) is 0. The van der Waals surface area contributed by atoms with Crippen LogP contribution in [0.3, 0.4) is 0 Å². The molecule has 3 heterocycles. The van der Waals surface area contributed by atoms with Crippen molar-refractivity contribution in [1.29, 1.82) is 0 Å². The Kier molecular flexibility index (Phi) is 6.00. The number of sulfonamides is 1. The summed E-state index contributed by atoms with van der Waals surface area (Å²) in [6.07, 6.45) is 0. The van der Waals surface area contributed by atoms with Crippen molar-refractivity contribution in [3.63, 3.8) is 0 Å². The molecular weight excluding hydrogens is 472 g/mol. The molecule has 1 aliphatic heterocycles. The number of piperazine rings is 1. The van der Waals surface area contributed by atoms with E-state index in [0.29, 0.717) is 24.0 Å². The summed E-state index contributed by atoms with van der Waals surface area (Å²) >= 11 is 1.31. The van der Waals surface area contributed by atoms with Crippen LogP contribution in [0.4, 0.5) is 0 Å². The van der Waals surface area contributed by atoms with Crippen molar-refractivity contribution in [2.45, 2.75) is 23.9 Å². The van der Waals surface area contributed by atoms with Crippen LogP contribution in [0, 0.1) is 13.8 Å². The predicted octanol–water partition coefficient (Wildman–Crippen LogP) is 2.52. The van der Waals surface area contributed by atoms with Crippen molar-refractivity contribution in [1.82, 2.24) is 28.8 Å². The minimum atomic E-state index is -3.62. The number of aryl methyl sites for hydroxylation is 2. The number of carbonyl (C=O) groups is 1. The standard InChI is InChI=1S/C23H24N6O3S2/c1-16-13-17(2)29-22(24-16)25-26-23(29)33-15-21(30)27-9-11-28(12-10-27)34(31,32)20-8-7-18-5-3-4-6-19(18)14-20/h3-8,13-14H,9-12,15H2,1-2H3. The average Bonchev–Trinajstić information content (AvgIpc) is 3.25. The van der Waals surface area contributed by atoms with Gasteiger partial charge in [0.25, 0.3) is 5.78 Å². The minimum Gasteiger partial charge on any atom is -0.339 e. The molecule has 0 bridgehead atoms. The summed E-state index contributed by atoms with van der Waals surface area (Å²) in [5, 5.41) is 10.8. The zero-order valence-electron chi connectivity index (χ0n) is 18.9. The monoisotopic (exact) mass is 496 g/mol. The van der Waals surface area contributed by atoms with Crippen molar-refractivity contribution in [3.05, 3.63) is 59.9 Å². The molecular formula is C23H24N6O3S2. The third-order valence-corrected chi connectivity index (χ3v) is 8.75. The number of thioether (sulfide) groups is 1. The Labute approximate surface area is 201 Å². The van der Waals surface area contributed by atoms with Crippen LogP contribution in [0.15, 0.2) is 58.6 Å². The van der Waals surface area contributed by atoms with Gasteiger partial charge in [0.2, 0.25) is 15.9 Å². The number of rotatable bonds is 5. The van der Waals surface area contributed by atoms with Crippen molar-refractivity contribution in [2.75, 3.05) is 31.9 Å². The van der Waals surface area contributed by atoms with E-state index in [1.165, 1.54) is 16.1 Å². The molecule has 1 amide bonds. The molecule has 0 aliphatic carbocycles. The third kappa shape index (κ3) is 4.26. The fraction of sp³-hybridized carbons (Fsp3) is 0.304. The Bertz CT molecular complexity index is 1490. The number of benzene rings is 2. The van der Waals surface area contributed by atoms with Gasteiger partial charge in [0.15, 0.2) is 5.16 Å². The van der Waals surface area contributed by atoms with Gasteiger partial charge in [-0.1, -0.05) is 42.1 Å². The molecule has 1 fully saturated rings. The number of nitrogens with zero attached hydrogens (tertiary/aromatic N) is 6. The van der Waals surface area contributed by atoms with Crippen molar-refractivity contribution >= 4 is 44.2 Å². The molecule has 1 saturated heterocycles. The molecule has 1 aliphatic rings. The van der Waals surface area contributed by atoms with E-state index in [2.05, 4.69) is 15.2 Å². The Morgan fingerprint density at radius 1 is 0.971 bits per heavy atom. The first-order valence-corrected chi connectivity index (χ1v) is 13.3. The zero-order chi connectivity index (χ0) is 23.9. The van der Waals surface area contributed by atoms with Crippen LogP contribution in [-0.2, 0) is 14.8 Å². The van der Waals surface area contributed by atoms with E-state index in [4.69, 9.17) is 0 Å². The topological polar surface area (TPSA) is 101 Å². The first-order valence-electron chi connectivity index (χ1n) is 10.9. The SMILES string of the molecule is Cc1cc(C)n2c(SCC(=O)N3CCN(S(=O)(=O)c4ccc5ccccc5c4)CC3)nnc2n1. The Balaban J connectivity index is 1.22. The Morgan fingerprint density at radius 2 is 1.71 bits per heavy atom. The van der Waals surface area contributed by atoms with Crippen LogP contribution >= 0.6 is 11.8 Å². The van der Waals surface area contributed by atoms with Gasteiger partial charge in [-0.25, -0.2) is 13.4 Å². The maximum absolute atomic E-state index is 13.2. The largest absolute Gasteiger partial charge is 0.339 e. The van der Waals surface area contributed by atoms with Crippen LogP contribution in [0.5, 0.6) is 0 Å². The van der Waals surface area contributed by atoms with E-state index in [9.17, 15) is 13.2 Å². The zero-order valence-corrected chi connectivity index (χ0v) is 20.5. The summed E-state index contributed by atoms with van der Waals surface area (Å²) in [5.74, 6) is 0.660. The first kappa shape index (κ1) is 22.8. The molecule has 11 heteroatoms. The van der Waals surface area contributed by atoms with E-state index < -0.39 is 10.0 Å². The Morgan fingerprint density at radius 3 is 2.47 bits per heavy atom. The number of carbonyl (C=O) groups excluding carboxylic acids is 1. The van der Waals surface area contributed by atoms with Crippen LogP contribution in [0.1, 0.15) is 11.4 Å². The molecule has 0 radical (unpaired) electrons. The highest BCUT2D eigenvalue weighted by atomic mass is 32.2. The van der Waals surface area contributed by atoms with Crippen LogP contribution in [0.2, 0.25) is 0 Å². The fourth-order valence-electron chi connectivity index (χ4n) is 4.17. The smallest absolute Gasteiger partial charge is 0.256 e. The van der Waals surface area contributed by atoms with Crippen molar-refractivity contribution in [3.8, 4) is 0 Å². The Hall–Kier alpha value is -3.02. The van der Waals surface area contributed by atoms with Crippen LogP contribution in [0.25, 0.3) is 16.6 Å². The molecule has 34 heavy (non-hydrogen) atoms. The quantitative estimate of drug-likeness (QED) is 0.391. The molecule has 176 valence electrons. The number of amides is 1. The lowest BCUT2D eigenvalue weighted by molar-refractivity contribution is -0.129. The lowest BCUT2D eigenvalue weighted by Crippen LogP contribution is -2.50. The maximum Gasteiger partial charge on any atom is 0.256 e. The number of hydrogen-bond acceptors (Lipinski definition) is 7. The van der Waals surface area contributed by atoms with Crippen molar-refractivity contribution < 1.29 is 13.2 Å². The molecule has 5 rings (SSSR count). The van der Waals surface area contributed by atoms with Gasteiger partial charge in [0, 0.05) is 37.6 Å². The molecule has 0 spiro atoms. The highest BCUT2D eigenvalue weighted by molar-refractivity contribution is 7.99. The predicted molar refractivity (Wildman–Crippen MR) is 130 cm³/mol. The molecule has 0 N–H and O–H groups in total. The highest BCUT2D eigenvalue weighted by Gasteiger charge is 2.30. The summed E-state index contributed by atoms with van der Waals surface area (Å²) in [7, 11) is -3.62. The molecule has 0 saturated carbocycles. The third-order valence-electron chi connectivity index (χ3n) is 5.94. The summed E-state index contributed by atoms with van der Waals surface area (Å²) in [6, 6.07) is 14.8. The van der Waals surface area contributed by atoms with Gasteiger partial charge in [-0.05, 0) is 42.8 Å². The van der Waals surface area contributed by atoms with E-state index in [0.717, 1.165) is 22.2 Å². The average molecular weight is 497 g/mol. The van der Waals surface area contributed by atoms with Crippen molar-refractivity contribution in [2.24, 2.45) is 0 Å². The van der Waals surface area contributed by atoms with E-state index in [1.54, 1.807) is 17.0 Å². The second-order valence-corrected chi connectivity index (χ2v) is 11.1. The second kappa shape index (κ2) is 8.97. The lowest BCUT2D eigenvalue weighted by Gasteiger charge is -2.34. The molecule has 2 aromatic carbocycles. The summed E-state index contributed by atoms with van der Waals surface area (Å²) in [4.78, 5) is 19.2. The van der Waals surface area contributed by atoms with E-state index >= 15 is 0 Å². The normalized spacial score (nSPS) is 15.3. The lowest BCUT2D eigenvalue weighted by atomic mass is 10.1. The summed E-state index contributed by atoms with van der Waals surface area (Å²) in [5.41, 5.74) is 1.82. The van der Waals surface area contributed by atoms with Crippen LogP contribution < -0.4 is 0 Å². The van der Waals surface area contributed by atoms with E-state index in [-0.39, 0.29) is 29.6 Å². The molecule has 4 aromatic rings. The fourth-order valence-corrected chi connectivity index (χ4v) is 6.51. The second-order valence-electron chi connectivity index (χ2n) is 8.24. The first-order chi connectivity index (χ1) is 16.3. The van der Waals surface area contributed by atoms with Gasteiger partial charge in [0.05, 0.1) is 10.6 Å². The van der Waals surface area contributed by atoms with Gasteiger partial charge in [-0.3, -0.25) is 9.20 Å². The maximum atomic E-state index is 13.2. The van der Waals surface area contributed by atoms with Gasteiger partial charge >= 0.3 is 0 Å². The number of fused-ring (bicyclic) bond motifs is 2. The highest BCUT2D eigenvalue weighted by Crippen LogP contribution is 2.24. The molecule has 0 unspecified atom stereocenters. The van der Waals surface area contributed by atoms with Gasteiger partial charge in [-0.2, -0.15) is 4.31 Å². The van der Waals surface area contributed by atoms with E-state index in [1.807, 2.05) is 54.6 Å². The summed E-state index contributed by atoms with van der Waals surface area (Å²) in [6.45, 7) is 5.09. The molecule has 9 nitrogen and oxygen atoms in total. The molecule has 0 atom stereocenters. The summed E-state index contributed by atoms with van der Waals surface area (Å²) < 4.78 is 29.6. The van der Waals surface area contributed by atoms with Crippen LogP contribution in [-0.4, -0.2) is 75.0 Å². The minimum absolute atomic E-state index is 0.0535.